The van der Waals surface area contributed by atoms with Crippen LogP contribution in [0.2, 0.25) is 0 Å². The number of anilines is 2. The van der Waals surface area contributed by atoms with E-state index in [4.69, 9.17) is 5.41 Å². The number of hydrogen-bond donors (Lipinski definition) is 2. The van der Waals surface area contributed by atoms with E-state index >= 15 is 0 Å². The molecule has 0 radical (unpaired) electrons. The summed E-state index contributed by atoms with van der Waals surface area (Å²) in [4.78, 5) is 12.9. The van der Waals surface area contributed by atoms with Crippen LogP contribution in [0.25, 0.3) is 0 Å². The summed E-state index contributed by atoms with van der Waals surface area (Å²) in [6, 6.07) is 5.41. The fourth-order valence-electron chi connectivity index (χ4n) is 2.12. The van der Waals surface area contributed by atoms with Crippen LogP contribution < -0.4 is 15.3 Å². The Labute approximate surface area is 110 Å². The molecule has 0 bridgehead atoms. The van der Waals surface area contributed by atoms with Crippen LogP contribution in [-0.2, 0) is 0 Å². The van der Waals surface area contributed by atoms with E-state index in [-0.39, 0.29) is 0 Å². The monoisotopic (exact) mass is 257 g/mol. The number of hydrogen-bond acceptors (Lipinski definition) is 6. The maximum Gasteiger partial charge on any atom is 0.225 e. The number of rotatable bonds is 2. The summed E-state index contributed by atoms with van der Waals surface area (Å²) < 4.78 is 0. The van der Waals surface area contributed by atoms with E-state index in [2.05, 4.69) is 30.0 Å². The van der Waals surface area contributed by atoms with Crippen molar-refractivity contribution in [3.8, 4) is 0 Å². The first-order valence-electron chi connectivity index (χ1n) is 6.20. The Bertz CT molecular complexity index is 566. The lowest BCUT2D eigenvalue weighted by atomic mass is 10.3. The van der Waals surface area contributed by atoms with Gasteiger partial charge in [0.25, 0.3) is 0 Å². The molecule has 0 atom stereocenters. The number of nitrogens with zero attached hydrogens (tertiary/aromatic N) is 5. The van der Waals surface area contributed by atoms with E-state index in [1.54, 1.807) is 18.5 Å². The van der Waals surface area contributed by atoms with Gasteiger partial charge in [0.2, 0.25) is 5.95 Å². The third-order valence-electron chi connectivity index (χ3n) is 3.13. The van der Waals surface area contributed by atoms with Gasteiger partial charge in [-0.25, -0.2) is 9.97 Å². The van der Waals surface area contributed by atoms with Crippen LogP contribution in [0.3, 0.4) is 0 Å². The third-order valence-corrected chi connectivity index (χ3v) is 3.13. The van der Waals surface area contributed by atoms with E-state index < -0.39 is 0 Å². The van der Waals surface area contributed by atoms with Crippen molar-refractivity contribution < 1.29 is 0 Å². The molecule has 1 aliphatic rings. The van der Waals surface area contributed by atoms with Crippen LogP contribution >= 0.6 is 0 Å². The van der Waals surface area contributed by atoms with Crippen molar-refractivity contribution >= 4 is 11.8 Å². The summed E-state index contributed by atoms with van der Waals surface area (Å²) in [5.41, 5.74) is 0.320. The molecule has 7 heteroatoms. The second-order valence-corrected chi connectivity index (χ2v) is 4.35. The molecule has 7 nitrogen and oxygen atoms in total. The second kappa shape index (κ2) is 5.05. The minimum Gasteiger partial charge on any atom is -0.352 e. The summed E-state index contributed by atoms with van der Waals surface area (Å²) in [7, 11) is 0. The molecule has 0 aromatic carbocycles. The molecule has 2 N–H and O–H groups in total. The molecule has 3 heterocycles. The predicted molar refractivity (Wildman–Crippen MR) is 70.9 cm³/mol. The Morgan fingerprint density at radius 3 is 2.32 bits per heavy atom. The van der Waals surface area contributed by atoms with Crippen molar-refractivity contribution in [1.82, 2.24) is 20.2 Å². The molecule has 19 heavy (non-hydrogen) atoms. The molecule has 1 saturated heterocycles. The predicted octanol–water partition coefficient (Wildman–Crippen LogP) is 0.00577. The van der Waals surface area contributed by atoms with E-state index in [1.807, 2.05) is 12.1 Å². The SMILES string of the molecule is N=c1ccc(N2CCN(c3ncccn3)CC2)n[nH]1. The van der Waals surface area contributed by atoms with Crippen molar-refractivity contribution in [1.29, 1.82) is 5.41 Å². The zero-order chi connectivity index (χ0) is 13.1. The first kappa shape index (κ1) is 11.6. The van der Waals surface area contributed by atoms with Gasteiger partial charge >= 0.3 is 0 Å². The van der Waals surface area contributed by atoms with Crippen LogP contribution in [0.5, 0.6) is 0 Å². The van der Waals surface area contributed by atoms with Gasteiger partial charge in [-0.2, -0.15) is 5.10 Å². The summed E-state index contributed by atoms with van der Waals surface area (Å²) in [6.45, 7) is 3.48. The second-order valence-electron chi connectivity index (χ2n) is 4.35. The summed E-state index contributed by atoms with van der Waals surface area (Å²) >= 11 is 0. The van der Waals surface area contributed by atoms with E-state index in [9.17, 15) is 0 Å². The Balaban J connectivity index is 1.66. The summed E-state index contributed by atoms with van der Waals surface area (Å²) in [6.07, 6.45) is 3.52. The Kier molecular flexibility index (Phi) is 3.09. The Morgan fingerprint density at radius 2 is 1.68 bits per heavy atom. The number of aromatic amines is 1. The highest BCUT2D eigenvalue weighted by molar-refractivity contribution is 5.40. The molecule has 1 fully saturated rings. The molecule has 98 valence electrons. The van der Waals surface area contributed by atoms with Gasteiger partial charge in [0.05, 0.1) is 0 Å². The zero-order valence-electron chi connectivity index (χ0n) is 10.5. The van der Waals surface area contributed by atoms with Gasteiger partial charge in [-0.3, -0.25) is 10.5 Å². The number of H-pyrrole nitrogens is 1. The van der Waals surface area contributed by atoms with E-state index in [0.29, 0.717) is 5.49 Å². The van der Waals surface area contributed by atoms with Crippen molar-refractivity contribution in [3.63, 3.8) is 0 Å². The van der Waals surface area contributed by atoms with Crippen LogP contribution in [0.1, 0.15) is 0 Å². The van der Waals surface area contributed by atoms with Gasteiger partial charge < -0.3 is 9.80 Å². The third kappa shape index (κ3) is 2.54. The summed E-state index contributed by atoms with van der Waals surface area (Å²) in [5.74, 6) is 1.66. The van der Waals surface area contributed by atoms with Gasteiger partial charge in [0.1, 0.15) is 11.3 Å². The Hall–Kier alpha value is -2.44. The standard InChI is InChI=1S/C12H15N7/c13-10-2-3-11(17-16-10)18-6-8-19(9-7-18)12-14-4-1-5-15-12/h1-5H,6-9H2,(H2,13,16). The molecule has 2 aromatic heterocycles. The highest BCUT2D eigenvalue weighted by Gasteiger charge is 2.19. The minimum atomic E-state index is 0.320. The molecular formula is C12H15N7. The van der Waals surface area contributed by atoms with Crippen LogP contribution in [0, 0.1) is 5.41 Å². The lowest BCUT2D eigenvalue weighted by molar-refractivity contribution is 0.630. The maximum atomic E-state index is 7.39. The largest absolute Gasteiger partial charge is 0.352 e. The lowest BCUT2D eigenvalue weighted by Gasteiger charge is -2.35. The first-order chi connectivity index (χ1) is 9.33. The van der Waals surface area contributed by atoms with Crippen molar-refractivity contribution in [3.05, 3.63) is 36.1 Å². The van der Waals surface area contributed by atoms with E-state index in [1.165, 1.54) is 0 Å². The number of piperazine rings is 1. The highest BCUT2D eigenvalue weighted by atomic mass is 15.3. The van der Waals surface area contributed by atoms with Crippen LogP contribution in [-0.4, -0.2) is 46.3 Å². The Morgan fingerprint density at radius 1 is 1.00 bits per heavy atom. The summed E-state index contributed by atoms with van der Waals surface area (Å²) in [5, 5.41) is 14.2. The van der Waals surface area contributed by atoms with E-state index in [0.717, 1.165) is 37.9 Å². The van der Waals surface area contributed by atoms with Crippen molar-refractivity contribution in [2.24, 2.45) is 0 Å². The van der Waals surface area contributed by atoms with Gasteiger partial charge in [-0.15, -0.1) is 0 Å². The first-order valence-corrected chi connectivity index (χ1v) is 6.20. The smallest absolute Gasteiger partial charge is 0.225 e. The average molecular weight is 257 g/mol. The molecule has 3 rings (SSSR count). The van der Waals surface area contributed by atoms with Gasteiger partial charge in [-0.1, -0.05) is 0 Å². The zero-order valence-corrected chi connectivity index (χ0v) is 10.5. The maximum absolute atomic E-state index is 7.39. The normalized spacial score (nSPS) is 15.6. The average Bonchev–Trinajstić information content (AvgIpc) is 2.49. The molecule has 1 aliphatic heterocycles. The van der Waals surface area contributed by atoms with Gasteiger partial charge in [0, 0.05) is 38.6 Å². The van der Waals surface area contributed by atoms with Crippen LogP contribution in [0.4, 0.5) is 11.8 Å². The molecule has 2 aromatic rings. The highest BCUT2D eigenvalue weighted by Crippen LogP contribution is 2.14. The number of nitrogens with one attached hydrogen (secondary N) is 2. The molecule has 0 unspecified atom stereocenters. The van der Waals surface area contributed by atoms with Crippen LogP contribution in [0.15, 0.2) is 30.6 Å². The quantitative estimate of drug-likeness (QED) is 0.791. The molecule has 0 saturated carbocycles. The molecule has 0 amide bonds. The minimum absolute atomic E-state index is 0.320. The molecule has 0 aliphatic carbocycles. The van der Waals surface area contributed by atoms with Gasteiger partial charge in [0.15, 0.2) is 0 Å². The molecular weight excluding hydrogens is 242 g/mol. The fourth-order valence-corrected chi connectivity index (χ4v) is 2.12. The van der Waals surface area contributed by atoms with Gasteiger partial charge in [-0.05, 0) is 18.2 Å². The van der Waals surface area contributed by atoms with Crippen molar-refractivity contribution in [2.75, 3.05) is 36.0 Å². The number of aromatic nitrogens is 4. The fraction of sp³-hybridized carbons (Fsp3) is 0.333. The topological polar surface area (TPSA) is 84.8 Å². The molecule has 0 spiro atoms. The van der Waals surface area contributed by atoms with Crippen molar-refractivity contribution in [2.45, 2.75) is 0 Å². The lowest BCUT2D eigenvalue weighted by Crippen LogP contribution is -2.47.